The zero-order chi connectivity index (χ0) is 10.0. The Morgan fingerprint density at radius 2 is 2.29 bits per heavy atom. The van der Waals surface area contributed by atoms with Crippen LogP contribution in [0.15, 0.2) is 0 Å². The molecule has 82 valence electrons. The third kappa shape index (κ3) is 1.82. The second-order valence-electron chi connectivity index (χ2n) is 5.14. The molecule has 2 rings (SSSR count). The van der Waals surface area contributed by atoms with E-state index in [9.17, 15) is 0 Å². The molecule has 1 N–H and O–H groups in total. The zero-order valence-corrected chi connectivity index (χ0v) is 9.68. The van der Waals surface area contributed by atoms with Crippen molar-refractivity contribution in [2.24, 2.45) is 0 Å². The molecular weight excluding hydrogens is 172 g/mol. The highest BCUT2D eigenvalue weighted by Crippen LogP contribution is 2.35. The van der Waals surface area contributed by atoms with Crippen molar-refractivity contribution in [2.75, 3.05) is 19.6 Å². The van der Waals surface area contributed by atoms with E-state index in [-0.39, 0.29) is 0 Å². The maximum absolute atomic E-state index is 3.66. The average Bonchev–Trinajstić information content (AvgIpc) is 2.56. The molecule has 0 amide bonds. The van der Waals surface area contributed by atoms with E-state index < -0.39 is 0 Å². The number of piperidine rings is 1. The average molecular weight is 196 g/mol. The number of hydrogen-bond acceptors (Lipinski definition) is 2. The first kappa shape index (κ1) is 10.4. The Hall–Kier alpha value is -0.0800. The maximum atomic E-state index is 3.66. The highest BCUT2D eigenvalue weighted by molar-refractivity contribution is 5.00. The van der Waals surface area contributed by atoms with E-state index in [2.05, 4.69) is 24.1 Å². The lowest BCUT2D eigenvalue weighted by Crippen LogP contribution is -2.56. The van der Waals surface area contributed by atoms with Crippen LogP contribution in [-0.2, 0) is 0 Å². The van der Waals surface area contributed by atoms with Gasteiger partial charge in [0, 0.05) is 18.1 Å². The van der Waals surface area contributed by atoms with Gasteiger partial charge in [-0.15, -0.1) is 0 Å². The first-order chi connectivity index (χ1) is 6.77. The van der Waals surface area contributed by atoms with E-state index in [4.69, 9.17) is 0 Å². The van der Waals surface area contributed by atoms with Crippen molar-refractivity contribution >= 4 is 0 Å². The van der Waals surface area contributed by atoms with Gasteiger partial charge in [0.15, 0.2) is 0 Å². The molecule has 2 atom stereocenters. The molecule has 2 aliphatic heterocycles. The van der Waals surface area contributed by atoms with E-state index in [1.54, 1.807) is 0 Å². The minimum absolute atomic E-state index is 0.544. The van der Waals surface area contributed by atoms with Crippen LogP contribution in [0.2, 0.25) is 0 Å². The van der Waals surface area contributed by atoms with Crippen molar-refractivity contribution in [1.29, 1.82) is 0 Å². The molecule has 0 bridgehead atoms. The standard InChI is InChI=1S/C12H24N2/c1-3-8-14-9-4-6-12(14)7-5-11(2)13-10-12/h11,13H,3-10H2,1-2H3. The van der Waals surface area contributed by atoms with Gasteiger partial charge in [-0.25, -0.2) is 0 Å². The summed E-state index contributed by atoms with van der Waals surface area (Å²) in [5.41, 5.74) is 0.544. The van der Waals surface area contributed by atoms with Crippen LogP contribution < -0.4 is 5.32 Å². The summed E-state index contributed by atoms with van der Waals surface area (Å²) in [7, 11) is 0. The summed E-state index contributed by atoms with van der Waals surface area (Å²) in [5.74, 6) is 0. The van der Waals surface area contributed by atoms with Gasteiger partial charge in [-0.05, 0) is 52.1 Å². The monoisotopic (exact) mass is 196 g/mol. The number of likely N-dealkylation sites (tertiary alicyclic amines) is 1. The maximum Gasteiger partial charge on any atom is 0.0335 e. The van der Waals surface area contributed by atoms with Crippen LogP contribution in [0.5, 0.6) is 0 Å². The molecule has 0 aromatic rings. The third-order valence-corrected chi connectivity index (χ3v) is 4.06. The van der Waals surface area contributed by atoms with Crippen LogP contribution in [-0.4, -0.2) is 36.1 Å². The topological polar surface area (TPSA) is 15.3 Å². The Labute approximate surface area is 88.1 Å². The number of hydrogen-bond donors (Lipinski definition) is 1. The molecule has 2 saturated heterocycles. The fraction of sp³-hybridized carbons (Fsp3) is 1.00. The van der Waals surface area contributed by atoms with Crippen molar-refractivity contribution in [1.82, 2.24) is 10.2 Å². The van der Waals surface area contributed by atoms with Gasteiger partial charge in [-0.1, -0.05) is 6.92 Å². The van der Waals surface area contributed by atoms with Gasteiger partial charge in [0.2, 0.25) is 0 Å². The molecule has 0 radical (unpaired) electrons. The number of rotatable bonds is 2. The highest BCUT2D eigenvalue weighted by Gasteiger charge is 2.41. The van der Waals surface area contributed by atoms with E-state index in [0.717, 1.165) is 6.04 Å². The van der Waals surface area contributed by atoms with Gasteiger partial charge in [-0.3, -0.25) is 4.90 Å². The van der Waals surface area contributed by atoms with Crippen molar-refractivity contribution in [3.63, 3.8) is 0 Å². The quantitative estimate of drug-likeness (QED) is 0.727. The molecular formula is C12H24N2. The predicted octanol–water partition coefficient (Wildman–Crippen LogP) is 2.00. The minimum atomic E-state index is 0.544. The zero-order valence-electron chi connectivity index (χ0n) is 9.68. The van der Waals surface area contributed by atoms with Gasteiger partial charge >= 0.3 is 0 Å². The first-order valence-electron chi connectivity index (χ1n) is 6.25. The SMILES string of the molecule is CCCN1CCCC12CCC(C)NC2. The van der Waals surface area contributed by atoms with Crippen molar-refractivity contribution in [3.05, 3.63) is 0 Å². The molecule has 0 aliphatic carbocycles. The van der Waals surface area contributed by atoms with Crippen molar-refractivity contribution in [3.8, 4) is 0 Å². The minimum Gasteiger partial charge on any atom is -0.312 e. The fourth-order valence-corrected chi connectivity index (χ4v) is 3.14. The molecule has 0 saturated carbocycles. The van der Waals surface area contributed by atoms with E-state index in [0.29, 0.717) is 5.54 Å². The van der Waals surface area contributed by atoms with Gasteiger partial charge in [0.25, 0.3) is 0 Å². The second-order valence-corrected chi connectivity index (χ2v) is 5.14. The molecule has 2 heteroatoms. The second kappa shape index (κ2) is 4.19. The predicted molar refractivity (Wildman–Crippen MR) is 60.5 cm³/mol. The third-order valence-electron chi connectivity index (χ3n) is 4.06. The molecule has 2 nitrogen and oxygen atoms in total. The Bertz CT molecular complexity index is 183. The van der Waals surface area contributed by atoms with Gasteiger partial charge < -0.3 is 5.32 Å². The molecule has 14 heavy (non-hydrogen) atoms. The molecule has 2 heterocycles. The lowest BCUT2D eigenvalue weighted by molar-refractivity contribution is 0.0939. The summed E-state index contributed by atoms with van der Waals surface area (Å²) in [4.78, 5) is 2.74. The molecule has 0 aromatic heterocycles. The lowest BCUT2D eigenvalue weighted by atomic mass is 9.85. The highest BCUT2D eigenvalue weighted by atomic mass is 15.2. The summed E-state index contributed by atoms with van der Waals surface area (Å²) in [6, 6.07) is 0.740. The van der Waals surface area contributed by atoms with Crippen LogP contribution in [0, 0.1) is 0 Å². The summed E-state index contributed by atoms with van der Waals surface area (Å²) in [5, 5.41) is 3.66. The van der Waals surface area contributed by atoms with E-state index in [1.165, 1.54) is 51.7 Å². The summed E-state index contributed by atoms with van der Waals surface area (Å²) in [6.45, 7) is 8.48. The summed E-state index contributed by atoms with van der Waals surface area (Å²) < 4.78 is 0. The number of nitrogens with one attached hydrogen (secondary N) is 1. The van der Waals surface area contributed by atoms with Gasteiger partial charge in [0.05, 0.1) is 0 Å². The van der Waals surface area contributed by atoms with Crippen LogP contribution in [0.1, 0.15) is 46.0 Å². The number of nitrogens with zero attached hydrogens (tertiary/aromatic N) is 1. The van der Waals surface area contributed by atoms with E-state index >= 15 is 0 Å². The van der Waals surface area contributed by atoms with Crippen LogP contribution in [0.3, 0.4) is 0 Å². The smallest absolute Gasteiger partial charge is 0.0335 e. The van der Waals surface area contributed by atoms with Crippen LogP contribution in [0.4, 0.5) is 0 Å². The lowest BCUT2D eigenvalue weighted by Gasteiger charge is -2.43. The van der Waals surface area contributed by atoms with Gasteiger partial charge in [0.1, 0.15) is 0 Å². The molecule has 0 aromatic carbocycles. The van der Waals surface area contributed by atoms with Crippen LogP contribution in [0.25, 0.3) is 0 Å². The molecule has 1 spiro atoms. The Morgan fingerprint density at radius 3 is 2.93 bits per heavy atom. The Kier molecular flexibility index (Phi) is 3.13. The van der Waals surface area contributed by atoms with Gasteiger partial charge in [-0.2, -0.15) is 0 Å². The molecule has 2 unspecified atom stereocenters. The normalized spacial score (nSPS) is 39.4. The largest absolute Gasteiger partial charge is 0.312 e. The summed E-state index contributed by atoms with van der Waals surface area (Å²) in [6.07, 6.45) is 6.92. The van der Waals surface area contributed by atoms with Crippen molar-refractivity contribution < 1.29 is 0 Å². The Balaban J connectivity index is 1.99. The van der Waals surface area contributed by atoms with E-state index in [1.807, 2.05) is 0 Å². The Morgan fingerprint density at radius 1 is 1.43 bits per heavy atom. The first-order valence-corrected chi connectivity index (χ1v) is 6.25. The summed E-state index contributed by atoms with van der Waals surface area (Å²) >= 11 is 0. The molecule has 2 fully saturated rings. The fourth-order valence-electron chi connectivity index (χ4n) is 3.14. The van der Waals surface area contributed by atoms with Crippen molar-refractivity contribution in [2.45, 2.75) is 57.5 Å². The molecule has 2 aliphatic rings. The van der Waals surface area contributed by atoms with Crippen LogP contribution >= 0.6 is 0 Å².